The van der Waals surface area contributed by atoms with Gasteiger partial charge in [0.2, 0.25) is 0 Å². The third-order valence-electron chi connectivity index (χ3n) is 1.99. The molecule has 0 unspecified atom stereocenters. The number of halogens is 2. The fraction of sp³-hybridized carbons (Fsp3) is 0. The molecule has 0 atom stereocenters. The number of carboxylic acids is 1. The van der Waals surface area contributed by atoms with E-state index in [2.05, 4.69) is 20.9 Å². The highest BCUT2D eigenvalue weighted by Gasteiger charge is 2.12. The summed E-state index contributed by atoms with van der Waals surface area (Å²) in [4.78, 5) is 15.1. The topological polar surface area (TPSA) is 50.2 Å². The number of aromatic carboxylic acids is 1. The summed E-state index contributed by atoms with van der Waals surface area (Å²) in [6.07, 6.45) is 0. The largest absolute Gasteiger partial charge is 0.478 e. The zero-order valence-electron chi connectivity index (χ0n) is 7.37. The van der Waals surface area contributed by atoms with Gasteiger partial charge in [-0.25, -0.2) is 9.78 Å². The molecule has 0 radical (unpaired) electrons. The highest BCUT2D eigenvalue weighted by molar-refractivity contribution is 9.10. The number of nitrogens with zero attached hydrogens (tertiary/aromatic N) is 1. The monoisotopic (exact) mass is 285 g/mol. The van der Waals surface area contributed by atoms with E-state index >= 15 is 0 Å². The van der Waals surface area contributed by atoms with Gasteiger partial charge < -0.3 is 5.11 Å². The van der Waals surface area contributed by atoms with Crippen molar-refractivity contribution in [3.8, 4) is 0 Å². The summed E-state index contributed by atoms with van der Waals surface area (Å²) in [7, 11) is 0. The van der Waals surface area contributed by atoms with Gasteiger partial charge in [0.15, 0.2) is 0 Å². The normalized spacial score (nSPS) is 10.5. The van der Waals surface area contributed by atoms with Crippen molar-refractivity contribution in [2.75, 3.05) is 0 Å². The van der Waals surface area contributed by atoms with Gasteiger partial charge in [-0.05, 0) is 28.1 Å². The molecule has 2 aromatic rings. The number of carboxylic acid groups (broad SMARTS) is 1. The van der Waals surface area contributed by atoms with E-state index in [0.29, 0.717) is 20.5 Å². The van der Waals surface area contributed by atoms with Crippen molar-refractivity contribution < 1.29 is 9.90 Å². The molecular weight excluding hydrogens is 281 g/mol. The van der Waals surface area contributed by atoms with Crippen LogP contribution in [0.1, 0.15) is 10.4 Å². The third-order valence-corrected chi connectivity index (χ3v) is 2.70. The molecule has 0 saturated heterocycles. The molecule has 0 fully saturated rings. The first kappa shape index (κ1) is 10.4. The van der Waals surface area contributed by atoms with Crippen molar-refractivity contribution in [2.45, 2.75) is 0 Å². The standard InChI is InChI=1S/C10H5BrClNO2/c11-8-4-6(10(14)15)5-2-1-3-7(12)9(5)13-8/h1-4H,(H,14,15). The fourth-order valence-corrected chi connectivity index (χ4v) is 1.98. The number of pyridine rings is 1. The number of para-hydroxylation sites is 1. The van der Waals surface area contributed by atoms with E-state index in [1.807, 2.05) is 0 Å². The van der Waals surface area contributed by atoms with Gasteiger partial charge in [-0.3, -0.25) is 0 Å². The fourth-order valence-electron chi connectivity index (χ4n) is 1.36. The van der Waals surface area contributed by atoms with Crippen molar-refractivity contribution in [3.63, 3.8) is 0 Å². The van der Waals surface area contributed by atoms with E-state index in [1.54, 1.807) is 18.2 Å². The van der Waals surface area contributed by atoms with Crippen LogP contribution in [-0.4, -0.2) is 16.1 Å². The molecule has 0 aliphatic heterocycles. The molecule has 1 aromatic heterocycles. The molecule has 3 nitrogen and oxygen atoms in total. The summed E-state index contributed by atoms with van der Waals surface area (Å²) in [6, 6.07) is 6.52. The first-order valence-corrected chi connectivity index (χ1v) is 5.25. The second-order valence-corrected chi connectivity index (χ2v) is 4.15. The summed E-state index contributed by atoms with van der Waals surface area (Å²) in [5.74, 6) is -0.995. The Morgan fingerprint density at radius 1 is 1.47 bits per heavy atom. The van der Waals surface area contributed by atoms with Crippen molar-refractivity contribution >= 4 is 44.4 Å². The maximum Gasteiger partial charge on any atom is 0.336 e. The smallest absolute Gasteiger partial charge is 0.336 e. The molecule has 0 bridgehead atoms. The lowest BCUT2D eigenvalue weighted by atomic mass is 10.1. The molecule has 0 saturated carbocycles. The van der Waals surface area contributed by atoms with Crippen LogP contribution in [0.3, 0.4) is 0 Å². The van der Waals surface area contributed by atoms with E-state index in [1.165, 1.54) is 6.07 Å². The van der Waals surface area contributed by atoms with Gasteiger partial charge in [0.05, 0.1) is 16.1 Å². The average molecular weight is 287 g/mol. The highest BCUT2D eigenvalue weighted by atomic mass is 79.9. The van der Waals surface area contributed by atoms with Gasteiger partial charge in [-0.2, -0.15) is 0 Å². The minimum atomic E-state index is -0.995. The summed E-state index contributed by atoms with van der Waals surface area (Å²) < 4.78 is 0.459. The molecule has 0 amide bonds. The Morgan fingerprint density at radius 2 is 2.20 bits per heavy atom. The second-order valence-electron chi connectivity index (χ2n) is 2.93. The molecule has 1 heterocycles. The lowest BCUT2D eigenvalue weighted by molar-refractivity contribution is 0.0699. The summed E-state index contributed by atoms with van der Waals surface area (Å²) in [5, 5.41) is 9.99. The number of carbonyl (C=O) groups is 1. The van der Waals surface area contributed by atoms with Gasteiger partial charge in [-0.1, -0.05) is 23.7 Å². The van der Waals surface area contributed by atoms with Crippen LogP contribution in [0.4, 0.5) is 0 Å². The Kier molecular flexibility index (Phi) is 2.63. The van der Waals surface area contributed by atoms with Gasteiger partial charge >= 0.3 is 5.97 Å². The summed E-state index contributed by atoms with van der Waals surface area (Å²) in [6.45, 7) is 0. The molecule has 15 heavy (non-hydrogen) atoms. The zero-order chi connectivity index (χ0) is 11.0. The van der Waals surface area contributed by atoms with E-state index in [-0.39, 0.29) is 5.56 Å². The molecule has 76 valence electrons. The Hall–Kier alpha value is -1.13. The predicted octanol–water partition coefficient (Wildman–Crippen LogP) is 3.35. The highest BCUT2D eigenvalue weighted by Crippen LogP contribution is 2.26. The Morgan fingerprint density at radius 3 is 2.87 bits per heavy atom. The van der Waals surface area contributed by atoms with Gasteiger partial charge in [0.25, 0.3) is 0 Å². The number of hydrogen-bond donors (Lipinski definition) is 1. The number of aromatic nitrogens is 1. The van der Waals surface area contributed by atoms with Crippen molar-refractivity contribution in [1.29, 1.82) is 0 Å². The van der Waals surface area contributed by atoms with Gasteiger partial charge in [0.1, 0.15) is 4.60 Å². The van der Waals surface area contributed by atoms with Crippen molar-refractivity contribution in [2.24, 2.45) is 0 Å². The number of hydrogen-bond acceptors (Lipinski definition) is 2. The molecular formula is C10H5BrClNO2. The molecule has 5 heteroatoms. The molecule has 1 N–H and O–H groups in total. The van der Waals surface area contributed by atoms with Crippen LogP contribution in [0.2, 0.25) is 5.02 Å². The van der Waals surface area contributed by atoms with Crippen LogP contribution >= 0.6 is 27.5 Å². The van der Waals surface area contributed by atoms with Crippen LogP contribution in [0.25, 0.3) is 10.9 Å². The van der Waals surface area contributed by atoms with Crippen molar-refractivity contribution in [1.82, 2.24) is 4.98 Å². The molecule has 0 spiro atoms. The van der Waals surface area contributed by atoms with Crippen LogP contribution in [0, 0.1) is 0 Å². The second kappa shape index (κ2) is 3.79. The summed E-state index contributed by atoms with van der Waals surface area (Å²) in [5.41, 5.74) is 0.681. The molecule has 2 rings (SSSR count). The van der Waals surface area contributed by atoms with Crippen LogP contribution in [0.5, 0.6) is 0 Å². The zero-order valence-corrected chi connectivity index (χ0v) is 9.71. The SMILES string of the molecule is O=C(O)c1cc(Br)nc2c(Cl)cccc12. The maximum atomic E-state index is 11.0. The van der Waals surface area contributed by atoms with Crippen LogP contribution in [0.15, 0.2) is 28.9 Å². The minimum absolute atomic E-state index is 0.189. The molecule has 0 aliphatic rings. The summed E-state index contributed by atoms with van der Waals surface area (Å²) >= 11 is 9.08. The van der Waals surface area contributed by atoms with E-state index < -0.39 is 5.97 Å². The lowest BCUT2D eigenvalue weighted by Gasteiger charge is -2.04. The number of fused-ring (bicyclic) bond motifs is 1. The average Bonchev–Trinajstić information content (AvgIpc) is 2.18. The van der Waals surface area contributed by atoms with Crippen molar-refractivity contribution in [3.05, 3.63) is 39.5 Å². The van der Waals surface area contributed by atoms with E-state index in [0.717, 1.165) is 0 Å². The first-order valence-electron chi connectivity index (χ1n) is 4.07. The quantitative estimate of drug-likeness (QED) is 0.818. The number of benzene rings is 1. The molecule has 0 aliphatic carbocycles. The minimum Gasteiger partial charge on any atom is -0.478 e. The first-order chi connectivity index (χ1) is 7.09. The van der Waals surface area contributed by atoms with Gasteiger partial charge in [0, 0.05) is 5.39 Å². The number of rotatable bonds is 1. The van der Waals surface area contributed by atoms with Crippen LogP contribution in [-0.2, 0) is 0 Å². The maximum absolute atomic E-state index is 11.0. The third kappa shape index (κ3) is 1.82. The van der Waals surface area contributed by atoms with E-state index in [9.17, 15) is 4.79 Å². The predicted molar refractivity (Wildman–Crippen MR) is 61.4 cm³/mol. The lowest BCUT2D eigenvalue weighted by Crippen LogP contribution is -1.99. The Labute approximate surface area is 98.8 Å². The Balaban J connectivity index is 2.92. The Bertz CT molecular complexity index is 556. The van der Waals surface area contributed by atoms with Gasteiger partial charge in [-0.15, -0.1) is 0 Å². The van der Waals surface area contributed by atoms with E-state index in [4.69, 9.17) is 16.7 Å². The van der Waals surface area contributed by atoms with Crippen LogP contribution < -0.4 is 0 Å². The molecule has 1 aromatic carbocycles.